The zero-order valence-corrected chi connectivity index (χ0v) is 15.8. The second-order valence-corrected chi connectivity index (χ2v) is 7.06. The molecule has 7 nitrogen and oxygen atoms in total. The number of aromatic nitrogens is 2. The highest BCUT2D eigenvalue weighted by Gasteiger charge is 2.17. The summed E-state index contributed by atoms with van der Waals surface area (Å²) in [6, 6.07) is 3.60. The molecule has 8 heteroatoms. The van der Waals surface area contributed by atoms with Gasteiger partial charge >= 0.3 is 0 Å². The van der Waals surface area contributed by atoms with Gasteiger partial charge in [-0.1, -0.05) is 6.42 Å². The summed E-state index contributed by atoms with van der Waals surface area (Å²) in [5, 5.41) is 3.40. The van der Waals surface area contributed by atoms with E-state index in [1.165, 1.54) is 0 Å². The van der Waals surface area contributed by atoms with Gasteiger partial charge in [-0.2, -0.15) is 0 Å². The molecule has 0 saturated carbocycles. The quantitative estimate of drug-likeness (QED) is 0.572. The van der Waals surface area contributed by atoms with Gasteiger partial charge in [0.05, 0.1) is 10.9 Å². The summed E-state index contributed by atoms with van der Waals surface area (Å²) in [4.78, 5) is 27.5. The van der Waals surface area contributed by atoms with Gasteiger partial charge in [-0.25, -0.2) is 0 Å². The fourth-order valence-electron chi connectivity index (χ4n) is 2.97. The van der Waals surface area contributed by atoms with Crippen LogP contribution in [-0.2, 0) is 11.3 Å². The Morgan fingerprint density at radius 1 is 1.27 bits per heavy atom. The Kier molecular flexibility index (Phi) is 5.61. The van der Waals surface area contributed by atoms with E-state index in [1.807, 2.05) is 13.8 Å². The van der Waals surface area contributed by atoms with Crippen LogP contribution in [-0.4, -0.2) is 28.3 Å². The van der Waals surface area contributed by atoms with E-state index in [4.69, 9.17) is 21.7 Å². The van der Waals surface area contributed by atoms with Crippen LogP contribution in [0.2, 0.25) is 0 Å². The molecule has 140 valence electrons. The first-order chi connectivity index (χ1) is 12.5. The maximum Gasteiger partial charge on any atom is 0.262 e. The van der Waals surface area contributed by atoms with Crippen molar-refractivity contribution in [2.45, 2.75) is 52.1 Å². The van der Waals surface area contributed by atoms with Gasteiger partial charge in [-0.15, -0.1) is 0 Å². The van der Waals surface area contributed by atoms with Crippen LogP contribution in [0.4, 0.5) is 0 Å². The van der Waals surface area contributed by atoms with Gasteiger partial charge in [0.1, 0.15) is 0 Å². The second-order valence-electron chi connectivity index (χ2n) is 6.67. The van der Waals surface area contributed by atoms with Crippen molar-refractivity contribution in [3.05, 3.63) is 27.3 Å². The van der Waals surface area contributed by atoms with Crippen LogP contribution in [0.25, 0.3) is 10.9 Å². The predicted molar refractivity (Wildman–Crippen MR) is 101 cm³/mol. The van der Waals surface area contributed by atoms with Crippen LogP contribution >= 0.6 is 12.2 Å². The molecule has 0 radical (unpaired) electrons. The number of amides is 1. The van der Waals surface area contributed by atoms with Gasteiger partial charge in [0.25, 0.3) is 5.56 Å². The highest BCUT2D eigenvalue weighted by atomic mass is 32.1. The number of unbranched alkanes of at least 4 members (excludes halogenated alkanes) is 2. The smallest absolute Gasteiger partial charge is 0.262 e. The average Bonchev–Trinajstić information content (AvgIpc) is 3.02. The van der Waals surface area contributed by atoms with Crippen molar-refractivity contribution in [1.29, 1.82) is 0 Å². The minimum absolute atomic E-state index is 0.0660. The van der Waals surface area contributed by atoms with Crippen LogP contribution in [0, 0.1) is 4.77 Å². The maximum atomic E-state index is 12.8. The Hall–Kier alpha value is -2.35. The molecule has 2 heterocycles. The molecule has 26 heavy (non-hydrogen) atoms. The molecule has 1 aliphatic rings. The number of nitrogens with zero attached hydrogens (tertiary/aromatic N) is 1. The third kappa shape index (κ3) is 4.07. The Morgan fingerprint density at radius 2 is 2.00 bits per heavy atom. The number of hydrogen-bond donors (Lipinski definition) is 2. The van der Waals surface area contributed by atoms with Gasteiger partial charge < -0.3 is 19.8 Å². The van der Waals surface area contributed by atoms with Gasteiger partial charge in [0.2, 0.25) is 12.7 Å². The summed E-state index contributed by atoms with van der Waals surface area (Å²) >= 11 is 5.33. The molecule has 0 spiro atoms. The number of fused-ring (bicyclic) bond motifs is 2. The summed E-state index contributed by atoms with van der Waals surface area (Å²) in [5.41, 5.74) is 0.505. The first kappa shape index (κ1) is 18.4. The second kappa shape index (κ2) is 7.90. The van der Waals surface area contributed by atoms with E-state index >= 15 is 0 Å². The van der Waals surface area contributed by atoms with Crippen molar-refractivity contribution < 1.29 is 14.3 Å². The van der Waals surface area contributed by atoms with Crippen molar-refractivity contribution in [1.82, 2.24) is 14.9 Å². The molecular weight excluding hydrogens is 354 g/mol. The minimum Gasteiger partial charge on any atom is -0.454 e. The topological polar surface area (TPSA) is 85.4 Å². The lowest BCUT2D eigenvalue weighted by Gasteiger charge is -2.10. The number of carbonyl (C=O) groups excluding carboxylic acids is 1. The molecule has 1 aromatic heterocycles. The minimum atomic E-state index is -0.139. The summed E-state index contributed by atoms with van der Waals surface area (Å²) in [5.74, 6) is 1.25. The number of benzene rings is 1. The van der Waals surface area contributed by atoms with Crippen LogP contribution < -0.4 is 20.3 Å². The number of rotatable bonds is 7. The molecule has 0 aliphatic carbocycles. The normalized spacial score (nSPS) is 12.7. The van der Waals surface area contributed by atoms with E-state index in [9.17, 15) is 9.59 Å². The number of H-pyrrole nitrogens is 1. The van der Waals surface area contributed by atoms with E-state index < -0.39 is 0 Å². The summed E-state index contributed by atoms with van der Waals surface area (Å²) in [7, 11) is 0. The van der Waals surface area contributed by atoms with Crippen molar-refractivity contribution in [3.8, 4) is 11.5 Å². The summed E-state index contributed by atoms with van der Waals surface area (Å²) in [6.07, 6.45) is 2.92. The summed E-state index contributed by atoms with van der Waals surface area (Å²) in [6.45, 7) is 4.56. The molecule has 0 saturated heterocycles. The molecule has 2 N–H and O–H groups in total. The van der Waals surface area contributed by atoms with E-state index in [0.717, 1.165) is 19.3 Å². The Balaban J connectivity index is 1.65. The number of aromatic amines is 1. The number of ether oxygens (including phenoxy) is 2. The lowest BCUT2D eigenvalue weighted by atomic mass is 10.1. The number of carbonyl (C=O) groups is 1. The van der Waals surface area contributed by atoms with Crippen molar-refractivity contribution in [2.24, 2.45) is 0 Å². The highest BCUT2D eigenvalue weighted by molar-refractivity contribution is 7.71. The maximum absolute atomic E-state index is 12.8. The zero-order chi connectivity index (χ0) is 18.7. The summed E-state index contributed by atoms with van der Waals surface area (Å²) < 4.78 is 12.6. The largest absolute Gasteiger partial charge is 0.454 e. The molecular formula is C18H23N3O4S. The molecule has 0 bridgehead atoms. The third-order valence-electron chi connectivity index (χ3n) is 4.21. The monoisotopic (exact) mass is 377 g/mol. The van der Waals surface area contributed by atoms with E-state index in [0.29, 0.717) is 40.1 Å². The lowest BCUT2D eigenvalue weighted by Crippen LogP contribution is -2.29. The lowest BCUT2D eigenvalue weighted by molar-refractivity contribution is -0.121. The SMILES string of the molecule is CC(C)NC(=O)CCCCCn1c(=S)[nH]c2cc3c(cc2c1=O)OCO3. The Labute approximate surface area is 156 Å². The van der Waals surface area contributed by atoms with Crippen molar-refractivity contribution >= 4 is 29.0 Å². The third-order valence-corrected chi connectivity index (χ3v) is 4.53. The first-order valence-corrected chi connectivity index (χ1v) is 9.22. The van der Waals surface area contributed by atoms with E-state index in [2.05, 4.69) is 10.3 Å². The fourth-order valence-corrected chi connectivity index (χ4v) is 3.26. The van der Waals surface area contributed by atoms with Crippen molar-refractivity contribution in [3.63, 3.8) is 0 Å². The van der Waals surface area contributed by atoms with Gasteiger partial charge in [0.15, 0.2) is 16.3 Å². The molecule has 1 aromatic carbocycles. The van der Waals surface area contributed by atoms with Crippen LogP contribution in [0.15, 0.2) is 16.9 Å². The first-order valence-electron chi connectivity index (χ1n) is 8.81. The average molecular weight is 377 g/mol. The van der Waals surface area contributed by atoms with Crippen LogP contribution in [0.5, 0.6) is 11.5 Å². The fraction of sp³-hybridized carbons (Fsp3) is 0.500. The molecule has 1 amide bonds. The Bertz CT molecular complexity index is 932. The molecule has 0 atom stereocenters. The number of nitrogens with one attached hydrogen (secondary N) is 2. The van der Waals surface area contributed by atoms with Crippen LogP contribution in [0.3, 0.4) is 0 Å². The molecule has 3 rings (SSSR count). The molecule has 0 fully saturated rings. The van der Waals surface area contributed by atoms with Crippen molar-refractivity contribution in [2.75, 3.05) is 6.79 Å². The molecule has 2 aromatic rings. The predicted octanol–water partition coefficient (Wildman–Crippen LogP) is 2.87. The van der Waals surface area contributed by atoms with E-state index in [-0.39, 0.29) is 24.3 Å². The van der Waals surface area contributed by atoms with Gasteiger partial charge in [-0.3, -0.25) is 14.2 Å². The number of hydrogen-bond acceptors (Lipinski definition) is 5. The van der Waals surface area contributed by atoms with Gasteiger partial charge in [0, 0.05) is 25.1 Å². The van der Waals surface area contributed by atoms with Gasteiger partial charge in [-0.05, 0) is 45.0 Å². The molecule has 1 aliphatic heterocycles. The highest BCUT2D eigenvalue weighted by Crippen LogP contribution is 2.34. The van der Waals surface area contributed by atoms with Crippen LogP contribution in [0.1, 0.15) is 39.5 Å². The Morgan fingerprint density at radius 3 is 2.73 bits per heavy atom. The zero-order valence-electron chi connectivity index (χ0n) is 15.0. The van der Waals surface area contributed by atoms with E-state index in [1.54, 1.807) is 16.7 Å². The standard InChI is InChI=1S/C18H23N3O4S/c1-11(2)19-16(22)6-4-3-5-7-21-17(23)12-8-14-15(25-10-24-14)9-13(12)20-18(21)26/h8-9,11H,3-7,10H2,1-2H3,(H,19,22)(H,20,26). The molecule has 0 unspecified atom stereocenters.